The molecule has 1 N–H and O–H groups in total. The molecule has 0 saturated carbocycles. The lowest BCUT2D eigenvalue weighted by molar-refractivity contribution is -0.131. The second-order valence-electron chi connectivity index (χ2n) is 5.56. The molecule has 1 aromatic carbocycles. The Morgan fingerprint density at radius 2 is 1.86 bits per heavy atom. The van der Waals surface area contributed by atoms with Crippen LogP contribution in [0.2, 0.25) is 0 Å². The fourth-order valence-corrected chi connectivity index (χ4v) is 2.42. The highest BCUT2D eigenvalue weighted by Crippen LogP contribution is 2.17. The standard InChI is InChI=1S/C16H25N3O2/c1-13(14-4-6-15(21-3)7-5-14)17-12-16(20)19-10-8-18(2)9-11-19/h4-7,13,17H,8-12H2,1-3H3. The highest BCUT2D eigenvalue weighted by molar-refractivity contribution is 5.78. The number of amides is 1. The third kappa shape index (κ3) is 4.44. The molecular weight excluding hydrogens is 266 g/mol. The third-order valence-corrected chi connectivity index (χ3v) is 4.03. The number of likely N-dealkylation sites (N-methyl/N-ethyl adjacent to an activating group) is 1. The summed E-state index contributed by atoms with van der Waals surface area (Å²) in [5, 5.41) is 3.30. The molecule has 1 amide bonds. The second-order valence-corrected chi connectivity index (χ2v) is 5.56. The summed E-state index contributed by atoms with van der Waals surface area (Å²) in [5.74, 6) is 1.03. The van der Waals surface area contributed by atoms with Gasteiger partial charge in [-0.3, -0.25) is 4.79 Å². The van der Waals surface area contributed by atoms with E-state index in [1.165, 1.54) is 0 Å². The van der Waals surface area contributed by atoms with Crippen LogP contribution in [-0.4, -0.2) is 62.6 Å². The second kappa shape index (κ2) is 7.43. The zero-order valence-electron chi connectivity index (χ0n) is 13.1. The van der Waals surface area contributed by atoms with Crippen LogP contribution in [0, 0.1) is 0 Å². The van der Waals surface area contributed by atoms with Crippen molar-refractivity contribution in [2.24, 2.45) is 0 Å². The van der Waals surface area contributed by atoms with Crippen molar-refractivity contribution in [3.63, 3.8) is 0 Å². The van der Waals surface area contributed by atoms with Crippen molar-refractivity contribution in [2.75, 3.05) is 46.9 Å². The van der Waals surface area contributed by atoms with Crippen molar-refractivity contribution in [1.82, 2.24) is 15.1 Å². The zero-order valence-corrected chi connectivity index (χ0v) is 13.1. The fourth-order valence-electron chi connectivity index (χ4n) is 2.42. The van der Waals surface area contributed by atoms with Gasteiger partial charge in [-0.1, -0.05) is 12.1 Å². The summed E-state index contributed by atoms with van der Waals surface area (Å²) >= 11 is 0. The maximum Gasteiger partial charge on any atom is 0.236 e. The van der Waals surface area contributed by atoms with E-state index in [9.17, 15) is 4.79 Å². The van der Waals surface area contributed by atoms with Crippen LogP contribution in [0.3, 0.4) is 0 Å². The summed E-state index contributed by atoms with van der Waals surface area (Å²) in [7, 11) is 3.75. The molecule has 5 heteroatoms. The molecule has 116 valence electrons. The first kappa shape index (κ1) is 15.8. The summed E-state index contributed by atoms with van der Waals surface area (Å²) in [6.07, 6.45) is 0. The van der Waals surface area contributed by atoms with Gasteiger partial charge in [0.05, 0.1) is 13.7 Å². The van der Waals surface area contributed by atoms with Crippen LogP contribution < -0.4 is 10.1 Å². The number of benzene rings is 1. The predicted molar refractivity (Wildman–Crippen MR) is 83.5 cm³/mol. The number of piperazine rings is 1. The number of hydrogen-bond donors (Lipinski definition) is 1. The van der Waals surface area contributed by atoms with Crippen LogP contribution in [0.1, 0.15) is 18.5 Å². The van der Waals surface area contributed by atoms with Gasteiger partial charge in [0.15, 0.2) is 0 Å². The lowest BCUT2D eigenvalue weighted by Gasteiger charge is -2.32. The first-order valence-corrected chi connectivity index (χ1v) is 7.44. The number of methoxy groups -OCH3 is 1. The van der Waals surface area contributed by atoms with Crippen LogP contribution in [0.5, 0.6) is 5.75 Å². The molecule has 1 saturated heterocycles. The normalized spacial score (nSPS) is 17.6. The van der Waals surface area contributed by atoms with Gasteiger partial charge in [0.2, 0.25) is 5.91 Å². The summed E-state index contributed by atoms with van der Waals surface area (Å²) in [6, 6.07) is 8.08. The highest BCUT2D eigenvalue weighted by Gasteiger charge is 2.19. The minimum atomic E-state index is 0.146. The molecule has 21 heavy (non-hydrogen) atoms. The van der Waals surface area contributed by atoms with Gasteiger partial charge in [-0.05, 0) is 31.7 Å². The minimum absolute atomic E-state index is 0.146. The Labute approximate surface area is 126 Å². The number of carbonyl (C=O) groups excluding carboxylic acids is 1. The fraction of sp³-hybridized carbons (Fsp3) is 0.562. The predicted octanol–water partition coefficient (Wildman–Crippen LogP) is 1.12. The first-order chi connectivity index (χ1) is 10.1. The van der Waals surface area contributed by atoms with Crippen LogP contribution in [-0.2, 0) is 4.79 Å². The maximum atomic E-state index is 12.2. The van der Waals surface area contributed by atoms with E-state index < -0.39 is 0 Å². The minimum Gasteiger partial charge on any atom is -0.497 e. The van der Waals surface area contributed by atoms with E-state index in [-0.39, 0.29) is 11.9 Å². The average Bonchev–Trinajstić information content (AvgIpc) is 2.53. The highest BCUT2D eigenvalue weighted by atomic mass is 16.5. The maximum absolute atomic E-state index is 12.2. The summed E-state index contributed by atoms with van der Waals surface area (Å²) in [4.78, 5) is 16.4. The molecule has 0 aromatic heterocycles. The molecule has 1 aromatic rings. The van der Waals surface area contributed by atoms with Gasteiger partial charge in [0.1, 0.15) is 5.75 Å². The van der Waals surface area contributed by atoms with Crippen LogP contribution in [0.4, 0.5) is 0 Å². The Balaban J connectivity index is 1.79. The van der Waals surface area contributed by atoms with Gasteiger partial charge < -0.3 is 19.9 Å². The summed E-state index contributed by atoms with van der Waals surface area (Å²) < 4.78 is 5.15. The molecule has 0 spiro atoms. The van der Waals surface area contributed by atoms with E-state index in [1.54, 1.807) is 7.11 Å². The molecule has 1 heterocycles. The quantitative estimate of drug-likeness (QED) is 0.883. The smallest absolute Gasteiger partial charge is 0.236 e. The van der Waals surface area contributed by atoms with E-state index in [2.05, 4.69) is 24.2 Å². The largest absolute Gasteiger partial charge is 0.497 e. The van der Waals surface area contributed by atoms with Crippen molar-refractivity contribution in [3.8, 4) is 5.75 Å². The molecule has 1 aliphatic heterocycles. The molecule has 5 nitrogen and oxygen atoms in total. The molecule has 1 atom stereocenters. The molecule has 2 rings (SSSR count). The van der Waals surface area contributed by atoms with Crippen molar-refractivity contribution in [2.45, 2.75) is 13.0 Å². The van der Waals surface area contributed by atoms with Gasteiger partial charge >= 0.3 is 0 Å². The number of carbonyl (C=O) groups is 1. The Kier molecular flexibility index (Phi) is 5.59. The molecular formula is C16H25N3O2. The number of nitrogens with one attached hydrogen (secondary N) is 1. The zero-order chi connectivity index (χ0) is 15.2. The third-order valence-electron chi connectivity index (χ3n) is 4.03. The monoisotopic (exact) mass is 291 g/mol. The molecule has 1 fully saturated rings. The van der Waals surface area contributed by atoms with Crippen molar-refractivity contribution < 1.29 is 9.53 Å². The molecule has 0 bridgehead atoms. The molecule has 0 aliphatic carbocycles. The van der Waals surface area contributed by atoms with Crippen LogP contribution in [0.25, 0.3) is 0 Å². The van der Waals surface area contributed by atoms with Crippen molar-refractivity contribution >= 4 is 5.91 Å². The Morgan fingerprint density at radius 1 is 1.24 bits per heavy atom. The summed E-state index contributed by atoms with van der Waals surface area (Å²) in [6.45, 7) is 6.03. The number of ether oxygens (including phenoxy) is 1. The van der Waals surface area contributed by atoms with E-state index in [1.807, 2.05) is 29.2 Å². The Morgan fingerprint density at radius 3 is 2.43 bits per heavy atom. The molecule has 0 radical (unpaired) electrons. The van der Waals surface area contributed by atoms with Crippen LogP contribution in [0.15, 0.2) is 24.3 Å². The van der Waals surface area contributed by atoms with Gasteiger partial charge in [0.25, 0.3) is 0 Å². The van der Waals surface area contributed by atoms with E-state index in [4.69, 9.17) is 4.74 Å². The van der Waals surface area contributed by atoms with Gasteiger partial charge in [-0.2, -0.15) is 0 Å². The summed E-state index contributed by atoms with van der Waals surface area (Å²) in [5.41, 5.74) is 1.15. The lowest BCUT2D eigenvalue weighted by Crippen LogP contribution is -2.49. The van der Waals surface area contributed by atoms with E-state index in [0.29, 0.717) is 6.54 Å². The first-order valence-electron chi connectivity index (χ1n) is 7.44. The topological polar surface area (TPSA) is 44.8 Å². The van der Waals surface area contributed by atoms with Crippen molar-refractivity contribution in [1.29, 1.82) is 0 Å². The molecule has 1 aliphatic rings. The lowest BCUT2D eigenvalue weighted by atomic mass is 10.1. The van der Waals surface area contributed by atoms with Gasteiger partial charge in [-0.15, -0.1) is 0 Å². The Bertz CT molecular complexity index is 453. The Hall–Kier alpha value is -1.59. The van der Waals surface area contributed by atoms with Crippen molar-refractivity contribution in [3.05, 3.63) is 29.8 Å². The van der Waals surface area contributed by atoms with Gasteiger partial charge in [-0.25, -0.2) is 0 Å². The van der Waals surface area contributed by atoms with Crippen LogP contribution >= 0.6 is 0 Å². The van der Waals surface area contributed by atoms with Gasteiger partial charge in [0, 0.05) is 32.2 Å². The SMILES string of the molecule is COc1ccc(C(C)NCC(=O)N2CCN(C)CC2)cc1. The number of rotatable bonds is 5. The van der Waals surface area contributed by atoms with E-state index in [0.717, 1.165) is 37.5 Å². The number of hydrogen-bond acceptors (Lipinski definition) is 4. The molecule has 1 unspecified atom stereocenters. The number of nitrogens with zero attached hydrogens (tertiary/aromatic N) is 2. The average molecular weight is 291 g/mol. The van der Waals surface area contributed by atoms with E-state index >= 15 is 0 Å².